The number of amides is 1. The van der Waals surface area contributed by atoms with Gasteiger partial charge < -0.3 is 10.2 Å². The first-order valence-corrected chi connectivity index (χ1v) is 7.54. The van der Waals surface area contributed by atoms with Crippen molar-refractivity contribution in [3.63, 3.8) is 0 Å². The number of carbonyl (C=O) groups excluding carboxylic acids is 1. The van der Waals surface area contributed by atoms with Crippen molar-refractivity contribution >= 4 is 29.0 Å². The number of halogens is 1. The van der Waals surface area contributed by atoms with Crippen LogP contribution in [-0.4, -0.2) is 15.7 Å². The molecule has 0 aliphatic rings. The zero-order valence-electron chi connectivity index (χ0n) is 12.8. The molecule has 1 N–H and O–H groups in total. The number of carbonyl (C=O) groups is 1. The van der Waals surface area contributed by atoms with Crippen LogP contribution >= 0.6 is 11.6 Å². The fourth-order valence-corrected chi connectivity index (χ4v) is 2.57. The highest BCUT2D eigenvalue weighted by molar-refractivity contribution is 6.34. The van der Waals surface area contributed by atoms with Gasteiger partial charge in [-0.2, -0.15) is 4.68 Å². The lowest BCUT2D eigenvalue weighted by Gasteiger charge is -2.07. The second-order valence-corrected chi connectivity index (χ2v) is 5.54. The molecule has 0 spiro atoms. The molecule has 0 fully saturated rings. The topological polar surface area (TPSA) is 51.3 Å². The monoisotopic (exact) mass is 336 g/mol. The smallest absolute Gasteiger partial charge is 0.296 e. The van der Waals surface area contributed by atoms with Crippen molar-refractivity contribution in [3.8, 4) is 11.3 Å². The predicted molar refractivity (Wildman–Crippen MR) is 94.3 cm³/mol. The molecule has 1 heterocycles. The summed E-state index contributed by atoms with van der Waals surface area (Å²) in [6.45, 7) is 7.02. The molecule has 3 aromatic rings. The van der Waals surface area contributed by atoms with Gasteiger partial charge in [0.25, 0.3) is 11.7 Å². The maximum absolute atomic E-state index is 12.2. The van der Waals surface area contributed by atoms with Crippen LogP contribution < -0.4 is 5.32 Å². The van der Waals surface area contributed by atoms with E-state index in [1.54, 1.807) is 54.2 Å². The lowest BCUT2D eigenvalue weighted by molar-refractivity contribution is 0.102. The number of hydrogen-bond acceptors (Lipinski definition) is 2. The normalized spacial score (nSPS) is 10.2. The van der Waals surface area contributed by atoms with Gasteiger partial charge in [0.1, 0.15) is 0 Å². The zero-order chi connectivity index (χ0) is 17.1. The summed E-state index contributed by atoms with van der Waals surface area (Å²) in [7, 11) is 1.79. The molecule has 5 nitrogen and oxygen atoms in total. The van der Waals surface area contributed by atoms with Gasteiger partial charge in [0, 0.05) is 11.3 Å². The fraction of sp³-hybridized carbons (Fsp3) is 0.0556. The van der Waals surface area contributed by atoms with Crippen LogP contribution in [-0.2, 0) is 7.05 Å². The van der Waals surface area contributed by atoms with Crippen molar-refractivity contribution < 1.29 is 4.79 Å². The van der Waals surface area contributed by atoms with Gasteiger partial charge in [-0.3, -0.25) is 4.79 Å². The predicted octanol–water partition coefficient (Wildman–Crippen LogP) is 4.54. The Morgan fingerprint density at radius 2 is 1.92 bits per heavy atom. The third-order valence-electron chi connectivity index (χ3n) is 3.54. The number of anilines is 1. The molecule has 3 rings (SSSR count). The molecule has 24 heavy (non-hydrogen) atoms. The molecule has 0 unspecified atom stereocenters. The molecule has 0 saturated carbocycles. The SMILES string of the molecule is [C-]#[N+]c1cc(-c2ccc(NC(=O)c3ccccc3Cl)cc2)n(C)n1. The van der Waals surface area contributed by atoms with Crippen molar-refractivity contribution in [2.24, 2.45) is 7.05 Å². The highest BCUT2D eigenvalue weighted by atomic mass is 35.5. The summed E-state index contributed by atoms with van der Waals surface area (Å²) in [5.74, 6) is 0.0905. The fourth-order valence-electron chi connectivity index (χ4n) is 2.35. The molecule has 0 saturated heterocycles. The number of aryl methyl sites for hydroxylation is 1. The van der Waals surface area contributed by atoms with Crippen LogP contribution in [0.15, 0.2) is 54.6 Å². The summed E-state index contributed by atoms with van der Waals surface area (Å²) >= 11 is 6.03. The molecule has 0 aliphatic carbocycles. The second-order valence-electron chi connectivity index (χ2n) is 5.13. The number of nitrogens with one attached hydrogen (secondary N) is 1. The first kappa shape index (κ1) is 15.8. The Balaban J connectivity index is 1.80. The van der Waals surface area contributed by atoms with Crippen LogP contribution in [0.1, 0.15) is 10.4 Å². The number of hydrogen-bond donors (Lipinski definition) is 1. The van der Waals surface area contributed by atoms with E-state index < -0.39 is 0 Å². The Hall–Kier alpha value is -3.10. The summed E-state index contributed by atoms with van der Waals surface area (Å²) in [5.41, 5.74) is 2.84. The molecule has 1 aromatic heterocycles. The lowest BCUT2D eigenvalue weighted by Crippen LogP contribution is -2.12. The minimum Gasteiger partial charge on any atom is -0.359 e. The molecule has 1 amide bonds. The molecular weight excluding hydrogens is 324 g/mol. The van der Waals surface area contributed by atoms with Crippen LogP contribution in [0.25, 0.3) is 16.1 Å². The maximum Gasteiger partial charge on any atom is 0.296 e. The van der Waals surface area contributed by atoms with E-state index >= 15 is 0 Å². The Bertz CT molecular complexity index is 938. The van der Waals surface area contributed by atoms with Crippen molar-refractivity contribution in [1.82, 2.24) is 9.78 Å². The Labute approximate surface area is 144 Å². The number of aromatic nitrogens is 2. The molecular formula is C18H13ClN4O. The quantitative estimate of drug-likeness (QED) is 0.714. The minimum atomic E-state index is -0.260. The molecule has 6 heteroatoms. The van der Waals surface area contributed by atoms with Crippen molar-refractivity contribution in [2.75, 3.05) is 5.32 Å². The highest BCUT2D eigenvalue weighted by Crippen LogP contribution is 2.25. The first-order valence-electron chi connectivity index (χ1n) is 7.16. The Morgan fingerprint density at radius 3 is 2.54 bits per heavy atom. The third kappa shape index (κ3) is 3.14. The number of nitrogens with zero attached hydrogens (tertiary/aromatic N) is 3. The van der Waals surface area contributed by atoms with Crippen LogP contribution in [0.5, 0.6) is 0 Å². The zero-order valence-corrected chi connectivity index (χ0v) is 13.6. The molecule has 118 valence electrons. The van der Waals surface area contributed by atoms with Crippen LogP contribution in [0.2, 0.25) is 5.02 Å². The molecule has 0 atom stereocenters. The maximum atomic E-state index is 12.2. The Morgan fingerprint density at radius 1 is 1.21 bits per heavy atom. The van der Waals surface area contributed by atoms with E-state index in [1.165, 1.54) is 0 Å². The highest BCUT2D eigenvalue weighted by Gasteiger charge is 2.11. The standard InChI is InChI=1S/C18H13ClN4O/c1-20-17-11-16(23(2)22-17)12-7-9-13(10-8-12)21-18(24)14-5-3-4-6-15(14)19/h3-11H,2H3,(H,21,24). The van der Waals surface area contributed by atoms with Gasteiger partial charge in [0.2, 0.25) is 0 Å². The minimum absolute atomic E-state index is 0.260. The second kappa shape index (κ2) is 6.57. The van der Waals surface area contributed by atoms with Crippen LogP contribution in [0.4, 0.5) is 11.5 Å². The van der Waals surface area contributed by atoms with Gasteiger partial charge in [0.05, 0.1) is 23.3 Å². The van der Waals surface area contributed by atoms with Gasteiger partial charge in [-0.05, 0) is 35.4 Å². The van der Waals surface area contributed by atoms with Gasteiger partial charge in [-0.15, -0.1) is 0 Å². The van der Waals surface area contributed by atoms with Crippen LogP contribution in [0, 0.1) is 6.57 Å². The van der Waals surface area contributed by atoms with Gasteiger partial charge in [-0.25, -0.2) is 0 Å². The molecule has 0 radical (unpaired) electrons. The molecule has 0 aliphatic heterocycles. The van der Waals surface area contributed by atoms with E-state index in [1.807, 2.05) is 12.1 Å². The summed E-state index contributed by atoms with van der Waals surface area (Å²) in [5, 5.41) is 7.33. The average molecular weight is 337 g/mol. The van der Waals surface area contributed by atoms with Gasteiger partial charge in [-0.1, -0.05) is 42.4 Å². The van der Waals surface area contributed by atoms with Crippen molar-refractivity contribution in [2.45, 2.75) is 0 Å². The number of rotatable bonds is 3. The van der Waals surface area contributed by atoms with Crippen molar-refractivity contribution in [3.05, 3.63) is 76.6 Å². The Kier molecular flexibility index (Phi) is 4.32. The average Bonchev–Trinajstić information content (AvgIpc) is 2.97. The van der Waals surface area contributed by atoms with Crippen molar-refractivity contribution in [1.29, 1.82) is 0 Å². The van der Waals surface area contributed by atoms with E-state index in [4.69, 9.17) is 18.2 Å². The first-order chi connectivity index (χ1) is 11.6. The van der Waals surface area contributed by atoms with Gasteiger partial charge in [0.15, 0.2) is 0 Å². The van der Waals surface area contributed by atoms with E-state index in [0.29, 0.717) is 22.1 Å². The van der Waals surface area contributed by atoms with E-state index in [9.17, 15) is 4.79 Å². The van der Waals surface area contributed by atoms with Gasteiger partial charge >= 0.3 is 0 Å². The number of benzene rings is 2. The van der Waals surface area contributed by atoms with Crippen LogP contribution in [0.3, 0.4) is 0 Å². The summed E-state index contributed by atoms with van der Waals surface area (Å²) in [6, 6.07) is 16.0. The van der Waals surface area contributed by atoms with E-state index in [2.05, 4.69) is 15.3 Å². The van der Waals surface area contributed by atoms with E-state index in [0.717, 1.165) is 11.3 Å². The largest absolute Gasteiger partial charge is 0.359 e. The molecule has 0 bridgehead atoms. The third-order valence-corrected chi connectivity index (χ3v) is 3.87. The summed E-state index contributed by atoms with van der Waals surface area (Å²) in [6.07, 6.45) is 0. The summed E-state index contributed by atoms with van der Waals surface area (Å²) < 4.78 is 1.66. The summed E-state index contributed by atoms with van der Waals surface area (Å²) in [4.78, 5) is 15.6. The van der Waals surface area contributed by atoms with E-state index in [-0.39, 0.29) is 5.91 Å². The molecule has 2 aromatic carbocycles. The lowest BCUT2D eigenvalue weighted by atomic mass is 10.1.